The van der Waals surface area contributed by atoms with Crippen molar-refractivity contribution in [2.75, 3.05) is 6.61 Å². The van der Waals surface area contributed by atoms with E-state index in [-0.39, 0.29) is 11.4 Å². The van der Waals surface area contributed by atoms with Gasteiger partial charge in [-0.15, -0.1) is 0 Å². The van der Waals surface area contributed by atoms with Crippen molar-refractivity contribution in [1.82, 2.24) is 0 Å². The molecule has 1 radical (unpaired) electrons. The third kappa shape index (κ3) is 2.69. The number of carboxylic acid groups (broad SMARTS) is 1. The Kier molecular flexibility index (Phi) is 4.32. The highest BCUT2D eigenvalue weighted by atomic mass is 79.9. The molecule has 0 amide bonds. The van der Waals surface area contributed by atoms with Gasteiger partial charge in [-0.2, -0.15) is 0 Å². The molecule has 0 fully saturated rings. The number of fused-ring (bicyclic) bond motifs is 1. The summed E-state index contributed by atoms with van der Waals surface area (Å²) < 4.78 is 11.5. The normalized spacial score (nSPS) is 12.6. The monoisotopic (exact) mass is 323 g/mol. The van der Waals surface area contributed by atoms with E-state index in [1.165, 1.54) is 6.07 Å². The second kappa shape index (κ2) is 5.80. The van der Waals surface area contributed by atoms with Crippen LogP contribution in [0.5, 0.6) is 0 Å². The van der Waals surface area contributed by atoms with E-state index in [0.717, 1.165) is 15.4 Å². The van der Waals surface area contributed by atoms with Gasteiger partial charge in [-0.1, -0.05) is 22.9 Å². The highest BCUT2D eigenvalue weighted by Gasteiger charge is 2.21. The molecule has 1 unspecified atom stereocenters. The highest BCUT2D eigenvalue weighted by Crippen LogP contribution is 2.35. The molecule has 0 aliphatic rings. The number of benzene rings is 1. The lowest BCUT2D eigenvalue weighted by atomic mass is 9.76. The Hall–Kier alpha value is -1.27. The molecule has 0 saturated carbocycles. The minimum absolute atomic E-state index is 0.0153. The Morgan fingerprint density at radius 3 is 2.95 bits per heavy atom. The van der Waals surface area contributed by atoms with Gasteiger partial charge in [-0.05, 0) is 30.4 Å². The quantitative estimate of drug-likeness (QED) is 0.854. The van der Waals surface area contributed by atoms with Crippen LogP contribution in [0.1, 0.15) is 35.6 Å². The van der Waals surface area contributed by atoms with Crippen molar-refractivity contribution in [2.45, 2.75) is 19.7 Å². The van der Waals surface area contributed by atoms with Crippen LogP contribution in [0.4, 0.5) is 0 Å². The molecule has 1 N–H and O–H groups in total. The maximum Gasteiger partial charge on any atom is 0.339 e. The molecule has 2 rings (SSSR count). The predicted octanol–water partition coefficient (Wildman–Crippen LogP) is 3.61. The SMILES string of the molecule is CCO[B]C(C)c1coc2c(C(=O)O)ccc(Br)c12. The molecule has 1 aromatic heterocycles. The fraction of sp³-hybridized carbons (Fsp3) is 0.308. The van der Waals surface area contributed by atoms with Crippen molar-refractivity contribution >= 4 is 40.4 Å². The molecule has 0 aliphatic carbocycles. The minimum atomic E-state index is -1.00. The maximum absolute atomic E-state index is 11.2. The smallest absolute Gasteiger partial charge is 0.339 e. The van der Waals surface area contributed by atoms with Gasteiger partial charge in [-0.3, -0.25) is 0 Å². The molecule has 2 aromatic rings. The Morgan fingerprint density at radius 2 is 2.32 bits per heavy atom. The average molecular weight is 324 g/mol. The van der Waals surface area contributed by atoms with E-state index in [9.17, 15) is 4.79 Å². The summed E-state index contributed by atoms with van der Waals surface area (Å²) in [5, 5.41) is 9.94. The van der Waals surface area contributed by atoms with Crippen molar-refractivity contribution < 1.29 is 19.0 Å². The lowest BCUT2D eigenvalue weighted by Gasteiger charge is -2.08. The first-order chi connectivity index (χ1) is 9.06. The molecule has 0 saturated heterocycles. The Bertz CT molecular complexity index is 608. The second-order valence-electron chi connectivity index (χ2n) is 4.18. The van der Waals surface area contributed by atoms with Crippen LogP contribution in [0, 0.1) is 0 Å². The van der Waals surface area contributed by atoms with Crippen molar-refractivity contribution in [3.05, 3.63) is 34.0 Å². The first-order valence-corrected chi connectivity index (χ1v) is 6.73. The fourth-order valence-electron chi connectivity index (χ4n) is 1.95. The van der Waals surface area contributed by atoms with Crippen LogP contribution in [-0.4, -0.2) is 25.2 Å². The summed E-state index contributed by atoms with van der Waals surface area (Å²) in [6.07, 6.45) is 1.59. The van der Waals surface area contributed by atoms with Gasteiger partial charge in [0.2, 0.25) is 0 Å². The Labute approximate surface area is 120 Å². The highest BCUT2D eigenvalue weighted by molar-refractivity contribution is 9.10. The summed E-state index contributed by atoms with van der Waals surface area (Å²) in [7, 11) is 1.73. The van der Waals surface area contributed by atoms with Crippen LogP contribution in [0.2, 0.25) is 0 Å². The molecule has 1 aromatic carbocycles. The van der Waals surface area contributed by atoms with Gasteiger partial charge in [0.1, 0.15) is 11.1 Å². The third-order valence-corrected chi connectivity index (χ3v) is 3.55. The van der Waals surface area contributed by atoms with Crippen molar-refractivity contribution in [3.8, 4) is 0 Å². The van der Waals surface area contributed by atoms with Crippen molar-refractivity contribution in [2.24, 2.45) is 0 Å². The lowest BCUT2D eigenvalue weighted by molar-refractivity contribution is 0.0698. The first-order valence-electron chi connectivity index (χ1n) is 5.94. The van der Waals surface area contributed by atoms with Crippen LogP contribution < -0.4 is 0 Å². The third-order valence-electron chi connectivity index (χ3n) is 2.89. The van der Waals surface area contributed by atoms with Crippen LogP contribution in [0.3, 0.4) is 0 Å². The minimum Gasteiger partial charge on any atom is -0.478 e. The van der Waals surface area contributed by atoms with Gasteiger partial charge in [0.05, 0.1) is 6.26 Å². The predicted molar refractivity (Wildman–Crippen MR) is 76.7 cm³/mol. The summed E-state index contributed by atoms with van der Waals surface area (Å²) >= 11 is 3.44. The Morgan fingerprint density at radius 1 is 1.58 bits per heavy atom. The molecule has 0 aliphatic heterocycles. The largest absolute Gasteiger partial charge is 0.478 e. The van der Waals surface area contributed by atoms with Crippen LogP contribution in [-0.2, 0) is 4.65 Å². The van der Waals surface area contributed by atoms with E-state index >= 15 is 0 Å². The molecule has 4 nitrogen and oxygen atoms in total. The summed E-state index contributed by atoms with van der Waals surface area (Å²) in [5.41, 5.74) is 1.44. The number of hydrogen-bond acceptors (Lipinski definition) is 3. The number of carbonyl (C=O) groups is 1. The van der Waals surface area contributed by atoms with Crippen LogP contribution >= 0.6 is 15.9 Å². The molecule has 6 heteroatoms. The summed E-state index contributed by atoms with van der Waals surface area (Å²) in [4.78, 5) is 11.2. The zero-order valence-corrected chi connectivity index (χ0v) is 12.2. The summed E-state index contributed by atoms with van der Waals surface area (Å²) in [6, 6.07) is 3.25. The molecule has 1 heterocycles. The van der Waals surface area contributed by atoms with E-state index in [1.807, 2.05) is 13.8 Å². The average Bonchev–Trinajstić information content (AvgIpc) is 2.81. The maximum atomic E-state index is 11.2. The number of aromatic carboxylic acids is 1. The van der Waals surface area contributed by atoms with E-state index in [1.54, 1.807) is 19.8 Å². The summed E-state index contributed by atoms with van der Waals surface area (Å²) in [5.74, 6) is -0.985. The van der Waals surface area contributed by atoms with Gasteiger partial charge in [-0.25, -0.2) is 4.79 Å². The zero-order chi connectivity index (χ0) is 14.0. The van der Waals surface area contributed by atoms with Gasteiger partial charge in [0.25, 0.3) is 7.48 Å². The van der Waals surface area contributed by atoms with Gasteiger partial charge in [0, 0.05) is 16.5 Å². The number of halogens is 1. The van der Waals surface area contributed by atoms with Crippen molar-refractivity contribution in [1.29, 1.82) is 0 Å². The lowest BCUT2D eigenvalue weighted by Crippen LogP contribution is -2.08. The zero-order valence-electron chi connectivity index (χ0n) is 10.6. The second-order valence-corrected chi connectivity index (χ2v) is 5.03. The number of carboxylic acids is 1. The Balaban J connectivity index is 2.52. The number of rotatable bonds is 5. The van der Waals surface area contributed by atoms with E-state index < -0.39 is 5.97 Å². The number of hydrogen-bond donors (Lipinski definition) is 1. The van der Waals surface area contributed by atoms with Gasteiger partial charge >= 0.3 is 5.97 Å². The molecular formula is C13H13BBrO4. The van der Waals surface area contributed by atoms with Crippen LogP contribution in [0.15, 0.2) is 27.3 Å². The molecule has 99 valence electrons. The van der Waals surface area contributed by atoms with E-state index in [2.05, 4.69) is 15.9 Å². The van der Waals surface area contributed by atoms with Crippen molar-refractivity contribution in [3.63, 3.8) is 0 Å². The standard InChI is InChI=1S/C13H13BBrO4/c1-3-19-14-7(2)9-6-18-12-8(13(16)17)4-5-10(15)11(9)12/h4-7H,3H2,1-2H3,(H,16,17). The van der Waals surface area contributed by atoms with E-state index in [4.69, 9.17) is 14.2 Å². The molecule has 0 bridgehead atoms. The van der Waals surface area contributed by atoms with Crippen LogP contribution in [0.25, 0.3) is 11.0 Å². The number of furan rings is 1. The van der Waals surface area contributed by atoms with E-state index in [0.29, 0.717) is 12.2 Å². The molecule has 19 heavy (non-hydrogen) atoms. The molecular weight excluding hydrogens is 311 g/mol. The summed E-state index contributed by atoms with van der Waals surface area (Å²) in [6.45, 7) is 4.48. The fourth-order valence-corrected chi connectivity index (χ4v) is 2.49. The van der Waals surface area contributed by atoms with Gasteiger partial charge < -0.3 is 14.2 Å². The molecule has 0 spiro atoms. The van der Waals surface area contributed by atoms with Gasteiger partial charge in [0.15, 0.2) is 0 Å². The first kappa shape index (κ1) is 14.2. The molecule has 1 atom stereocenters. The topological polar surface area (TPSA) is 59.7 Å².